The van der Waals surface area contributed by atoms with E-state index >= 15 is 0 Å². The zero-order valence-electron chi connectivity index (χ0n) is 9.59. The summed E-state index contributed by atoms with van der Waals surface area (Å²) in [6.45, 7) is 4.11. The zero-order chi connectivity index (χ0) is 12.0. The second-order valence-electron chi connectivity index (χ2n) is 3.80. The molecule has 88 valence electrons. The molecule has 0 aliphatic heterocycles. The highest BCUT2D eigenvalue weighted by Crippen LogP contribution is 2.15. The maximum Gasteiger partial charge on any atom is 0.319 e. The Morgan fingerprint density at radius 3 is 2.88 bits per heavy atom. The maximum atomic E-state index is 11.6. The van der Waals surface area contributed by atoms with Crippen LogP contribution in [0.2, 0.25) is 0 Å². The van der Waals surface area contributed by atoms with Crippen molar-refractivity contribution in [3.63, 3.8) is 0 Å². The Hall–Kier alpha value is -1.03. The largest absolute Gasteiger partial charge is 0.335 e. The Morgan fingerprint density at radius 2 is 2.25 bits per heavy atom. The first-order valence-corrected chi connectivity index (χ1v) is 6.24. The van der Waals surface area contributed by atoms with Gasteiger partial charge >= 0.3 is 6.03 Å². The Kier molecular flexibility index (Phi) is 5.32. The molecule has 0 saturated carbocycles. The molecule has 3 nitrogen and oxygen atoms in total. The van der Waals surface area contributed by atoms with E-state index in [4.69, 9.17) is 0 Å². The predicted molar refractivity (Wildman–Crippen MR) is 70.7 cm³/mol. The fourth-order valence-electron chi connectivity index (χ4n) is 1.46. The molecule has 0 radical (unpaired) electrons. The number of halogens is 1. The normalized spacial score (nSPS) is 11.9. The van der Waals surface area contributed by atoms with Crippen molar-refractivity contribution >= 4 is 27.6 Å². The van der Waals surface area contributed by atoms with E-state index < -0.39 is 0 Å². The molecule has 4 heteroatoms. The molecule has 0 fully saturated rings. The average Bonchev–Trinajstić information content (AvgIpc) is 2.17. The van der Waals surface area contributed by atoms with Crippen LogP contribution in [0.1, 0.15) is 26.7 Å². The number of nitrogens with one attached hydrogen (secondary N) is 2. The molecule has 0 heterocycles. The van der Waals surface area contributed by atoms with E-state index in [2.05, 4.69) is 33.5 Å². The number of carbonyl (C=O) groups excluding carboxylic acids is 1. The minimum Gasteiger partial charge on any atom is -0.335 e. The highest BCUT2D eigenvalue weighted by atomic mass is 79.9. The summed E-state index contributed by atoms with van der Waals surface area (Å²) in [5.74, 6) is 0. The van der Waals surface area contributed by atoms with Crippen molar-refractivity contribution in [1.29, 1.82) is 0 Å². The Labute approximate surface area is 105 Å². The summed E-state index contributed by atoms with van der Waals surface area (Å²) in [4.78, 5) is 11.6. The highest BCUT2D eigenvalue weighted by Gasteiger charge is 2.06. The first kappa shape index (κ1) is 13.0. The fourth-order valence-corrected chi connectivity index (χ4v) is 1.86. The minimum atomic E-state index is -0.154. The van der Waals surface area contributed by atoms with E-state index in [0.717, 1.165) is 23.0 Å². The van der Waals surface area contributed by atoms with Crippen molar-refractivity contribution < 1.29 is 4.79 Å². The van der Waals surface area contributed by atoms with E-state index in [1.807, 2.05) is 31.2 Å². The average molecular weight is 285 g/mol. The molecular weight excluding hydrogens is 268 g/mol. The van der Waals surface area contributed by atoms with Crippen molar-refractivity contribution in [1.82, 2.24) is 5.32 Å². The van der Waals surface area contributed by atoms with Gasteiger partial charge in [-0.15, -0.1) is 0 Å². The van der Waals surface area contributed by atoms with Gasteiger partial charge < -0.3 is 10.6 Å². The molecule has 0 bridgehead atoms. The van der Waals surface area contributed by atoms with Gasteiger partial charge in [0.25, 0.3) is 0 Å². The molecule has 0 saturated heterocycles. The molecule has 0 spiro atoms. The number of carbonyl (C=O) groups is 1. The smallest absolute Gasteiger partial charge is 0.319 e. The molecule has 16 heavy (non-hydrogen) atoms. The van der Waals surface area contributed by atoms with Crippen LogP contribution in [0.25, 0.3) is 0 Å². The first-order chi connectivity index (χ1) is 7.61. The molecule has 1 rings (SSSR count). The van der Waals surface area contributed by atoms with Crippen LogP contribution in [0.5, 0.6) is 0 Å². The van der Waals surface area contributed by atoms with Crippen molar-refractivity contribution in [3.05, 3.63) is 28.7 Å². The van der Waals surface area contributed by atoms with E-state index in [9.17, 15) is 4.79 Å². The second kappa shape index (κ2) is 6.53. The van der Waals surface area contributed by atoms with Crippen LogP contribution in [-0.4, -0.2) is 12.1 Å². The van der Waals surface area contributed by atoms with Crippen LogP contribution in [-0.2, 0) is 0 Å². The van der Waals surface area contributed by atoms with Crippen LogP contribution in [0.15, 0.2) is 28.7 Å². The number of urea groups is 1. The molecule has 2 N–H and O–H groups in total. The lowest BCUT2D eigenvalue weighted by Crippen LogP contribution is -2.35. The molecule has 1 aromatic carbocycles. The van der Waals surface area contributed by atoms with Crippen LogP contribution in [0, 0.1) is 0 Å². The van der Waals surface area contributed by atoms with E-state index in [-0.39, 0.29) is 12.1 Å². The molecule has 0 aliphatic carbocycles. The van der Waals surface area contributed by atoms with E-state index in [1.165, 1.54) is 0 Å². The molecule has 2 amide bonds. The Morgan fingerprint density at radius 1 is 1.50 bits per heavy atom. The summed E-state index contributed by atoms with van der Waals surface area (Å²) < 4.78 is 0.951. The van der Waals surface area contributed by atoms with Crippen LogP contribution < -0.4 is 10.6 Å². The number of rotatable bonds is 4. The predicted octanol–water partition coefficient (Wildman–Crippen LogP) is 3.76. The number of anilines is 1. The topological polar surface area (TPSA) is 41.1 Å². The van der Waals surface area contributed by atoms with Gasteiger partial charge in [-0.1, -0.05) is 35.3 Å². The molecule has 1 atom stereocenters. The summed E-state index contributed by atoms with van der Waals surface area (Å²) in [5, 5.41) is 5.68. The summed E-state index contributed by atoms with van der Waals surface area (Å²) >= 11 is 3.36. The molecule has 0 aliphatic rings. The zero-order valence-corrected chi connectivity index (χ0v) is 11.2. The van der Waals surface area contributed by atoms with Gasteiger partial charge in [0.2, 0.25) is 0 Å². The van der Waals surface area contributed by atoms with Crippen molar-refractivity contribution in [3.8, 4) is 0 Å². The number of benzene rings is 1. The summed E-state index contributed by atoms with van der Waals surface area (Å²) in [6, 6.07) is 7.58. The van der Waals surface area contributed by atoms with Gasteiger partial charge in [-0.25, -0.2) is 4.79 Å². The van der Waals surface area contributed by atoms with Gasteiger partial charge in [0.05, 0.1) is 0 Å². The number of hydrogen-bond donors (Lipinski definition) is 2. The third-order valence-corrected chi connectivity index (χ3v) is 2.67. The molecular formula is C12H17BrN2O. The first-order valence-electron chi connectivity index (χ1n) is 5.45. The number of hydrogen-bond acceptors (Lipinski definition) is 1. The molecule has 0 unspecified atom stereocenters. The summed E-state index contributed by atoms with van der Waals surface area (Å²) in [5.41, 5.74) is 0.788. The maximum absolute atomic E-state index is 11.6. The lowest BCUT2D eigenvalue weighted by molar-refractivity contribution is 0.248. The van der Waals surface area contributed by atoms with Crippen LogP contribution >= 0.6 is 15.9 Å². The van der Waals surface area contributed by atoms with Gasteiger partial charge in [-0.2, -0.15) is 0 Å². The minimum absolute atomic E-state index is 0.154. The fraction of sp³-hybridized carbons (Fsp3) is 0.417. The lowest BCUT2D eigenvalue weighted by atomic mass is 10.2. The Bertz CT molecular complexity index is 355. The standard InChI is InChI=1S/C12H17BrN2O/c1-3-5-9(2)14-12(16)15-11-7-4-6-10(13)8-11/h4,6-9H,3,5H2,1-2H3,(H2,14,15,16)/t9-/m1/s1. The second-order valence-corrected chi connectivity index (χ2v) is 4.71. The van der Waals surface area contributed by atoms with E-state index in [0.29, 0.717) is 0 Å². The summed E-state index contributed by atoms with van der Waals surface area (Å²) in [6.07, 6.45) is 2.06. The van der Waals surface area contributed by atoms with Crippen molar-refractivity contribution in [2.45, 2.75) is 32.7 Å². The number of amides is 2. The van der Waals surface area contributed by atoms with Gasteiger partial charge in [0.1, 0.15) is 0 Å². The monoisotopic (exact) mass is 284 g/mol. The third-order valence-electron chi connectivity index (χ3n) is 2.18. The van der Waals surface area contributed by atoms with Crippen LogP contribution in [0.3, 0.4) is 0 Å². The quantitative estimate of drug-likeness (QED) is 0.869. The lowest BCUT2D eigenvalue weighted by Gasteiger charge is -2.13. The van der Waals surface area contributed by atoms with Gasteiger partial charge in [0.15, 0.2) is 0 Å². The Balaban J connectivity index is 2.45. The van der Waals surface area contributed by atoms with Crippen LogP contribution in [0.4, 0.5) is 10.5 Å². The van der Waals surface area contributed by atoms with Gasteiger partial charge in [-0.05, 0) is 31.5 Å². The molecule has 1 aromatic rings. The molecule has 0 aromatic heterocycles. The third kappa shape index (κ3) is 4.66. The van der Waals surface area contributed by atoms with Crippen molar-refractivity contribution in [2.24, 2.45) is 0 Å². The van der Waals surface area contributed by atoms with E-state index in [1.54, 1.807) is 0 Å². The van der Waals surface area contributed by atoms with Crippen molar-refractivity contribution in [2.75, 3.05) is 5.32 Å². The van der Waals surface area contributed by atoms with Gasteiger partial charge in [-0.3, -0.25) is 0 Å². The summed E-state index contributed by atoms with van der Waals surface area (Å²) in [7, 11) is 0. The SMILES string of the molecule is CCC[C@@H](C)NC(=O)Nc1cccc(Br)c1. The van der Waals surface area contributed by atoms with Gasteiger partial charge in [0, 0.05) is 16.2 Å². The highest BCUT2D eigenvalue weighted by molar-refractivity contribution is 9.10.